The van der Waals surface area contributed by atoms with E-state index in [2.05, 4.69) is 21.2 Å². The molecule has 1 aliphatic rings. The normalized spacial score (nSPS) is 24.9. The maximum absolute atomic E-state index is 11.3. The topological polar surface area (TPSA) is 58.6 Å². The molecule has 1 aromatic carbocycles. The summed E-state index contributed by atoms with van der Waals surface area (Å²) in [7, 11) is 0. The number of carbonyl (C=O) groups excluding carboxylic acids is 1. The Balaban J connectivity index is 2.49. The first-order valence-electron chi connectivity index (χ1n) is 5.75. The number of nitrogens with one attached hydrogen (secondary N) is 1. The van der Waals surface area contributed by atoms with Crippen molar-refractivity contribution in [2.45, 2.75) is 38.5 Å². The Labute approximate surface area is 114 Å². The fraction of sp³-hybridized carbons (Fsp3) is 0.462. The maximum Gasteiger partial charge on any atom is 0.217 e. The van der Waals surface area contributed by atoms with Crippen molar-refractivity contribution in [1.29, 1.82) is 0 Å². The number of aliphatic hydroxyl groups excluding tert-OH is 1. The minimum Gasteiger partial charge on any atom is -0.485 e. The number of rotatable bonds is 1. The predicted molar refractivity (Wildman–Crippen MR) is 71.4 cm³/mol. The van der Waals surface area contributed by atoms with Crippen LogP contribution in [0.4, 0.5) is 0 Å². The van der Waals surface area contributed by atoms with Crippen molar-refractivity contribution in [1.82, 2.24) is 5.32 Å². The quantitative estimate of drug-likeness (QED) is 0.835. The second-order valence-electron chi connectivity index (χ2n) is 5.01. The van der Waals surface area contributed by atoms with Gasteiger partial charge in [0.2, 0.25) is 5.91 Å². The van der Waals surface area contributed by atoms with Crippen LogP contribution < -0.4 is 10.1 Å². The number of halogens is 1. The van der Waals surface area contributed by atoms with Crippen molar-refractivity contribution in [2.24, 2.45) is 0 Å². The molecule has 0 bridgehead atoms. The van der Waals surface area contributed by atoms with Crippen LogP contribution in [0.1, 0.15) is 32.4 Å². The van der Waals surface area contributed by atoms with Gasteiger partial charge in [0.25, 0.3) is 0 Å². The standard InChI is InChI=1S/C13H16BrNO3/c1-7(16)15-11-9-6-8(14)4-5-10(9)18-13(2,3)12(11)17/h4-6,11-12,17H,1-3H3,(H,15,16)/t11-,12+/m1/s1. The van der Waals surface area contributed by atoms with Crippen LogP contribution in [0.25, 0.3) is 0 Å². The summed E-state index contributed by atoms with van der Waals surface area (Å²) in [6.07, 6.45) is -0.803. The lowest BCUT2D eigenvalue weighted by molar-refractivity contribution is -0.123. The average Bonchev–Trinajstić information content (AvgIpc) is 2.25. The van der Waals surface area contributed by atoms with Crippen molar-refractivity contribution in [3.8, 4) is 5.75 Å². The van der Waals surface area contributed by atoms with Crippen molar-refractivity contribution in [2.75, 3.05) is 0 Å². The zero-order valence-electron chi connectivity index (χ0n) is 10.5. The number of hydrogen-bond acceptors (Lipinski definition) is 3. The van der Waals surface area contributed by atoms with Crippen LogP contribution in [0.2, 0.25) is 0 Å². The van der Waals surface area contributed by atoms with E-state index < -0.39 is 17.7 Å². The first-order valence-corrected chi connectivity index (χ1v) is 6.54. The van der Waals surface area contributed by atoms with Gasteiger partial charge in [0.1, 0.15) is 17.5 Å². The summed E-state index contributed by atoms with van der Waals surface area (Å²) >= 11 is 3.38. The van der Waals surface area contributed by atoms with Crippen LogP contribution in [0.5, 0.6) is 5.75 Å². The highest BCUT2D eigenvalue weighted by molar-refractivity contribution is 9.10. The Bertz CT molecular complexity index is 487. The number of ether oxygens (including phenoxy) is 1. The summed E-state index contributed by atoms with van der Waals surface area (Å²) in [5, 5.41) is 13.1. The van der Waals surface area contributed by atoms with E-state index in [1.165, 1.54) is 6.92 Å². The maximum atomic E-state index is 11.3. The molecule has 2 atom stereocenters. The molecule has 0 aliphatic carbocycles. The van der Waals surface area contributed by atoms with Gasteiger partial charge in [0.05, 0.1) is 6.04 Å². The second kappa shape index (κ2) is 4.55. The van der Waals surface area contributed by atoms with Gasteiger partial charge in [-0.2, -0.15) is 0 Å². The van der Waals surface area contributed by atoms with Gasteiger partial charge in [0.15, 0.2) is 0 Å². The third kappa shape index (κ3) is 2.37. The average molecular weight is 314 g/mol. The first kappa shape index (κ1) is 13.4. The molecule has 0 spiro atoms. The highest BCUT2D eigenvalue weighted by atomic mass is 79.9. The summed E-state index contributed by atoms with van der Waals surface area (Å²) in [6, 6.07) is 5.10. The lowest BCUT2D eigenvalue weighted by Crippen LogP contribution is -2.53. The molecule has 1 aliphatic heterocycles. The monoisotopic (exact) mass is 313 g/mol. The lowest BCUT2D eigenvalue weighted by atomic mass is 9.86. The van der Waals surface area contributed by atoms with Gasteiger partial charge in [-0.05, 0) is 32.0 Å². The molecule has 0 unspecified atom stereocenters. The summed E-state index contributed by atoms with van der Waals surface area (Å²) in [6.45, 7) is 5.04. The molecule has 1 amide bonds. The van der Waals surface area contributed by atoms with Crippen molar-refractivity contribution in [3.63, 3.8) is 0 Å². The number of carbonyl (C=O) groups is 1. The molecule has 0 radical (unpaired) electrons. The Hall–Kier alpha value is -1.07. The fourth-order valence-corrected chi connectivity index (χ4v) is 2.52. The van der Waals surface area contributed by atoms with Crippen molar-refractivity contribution >= 4 is 21.8 Å². The van der Waals surface area contributed by atoms with E-state index in [-0.39, 0.29) is 5.91 Å². The van der Waals surface area contributed by atoms with Crippen LogP contribution in [-0.2, 0) is 4.79 Å². The Morgan fingerprint density at radius 2 is 2.17 bits per heavy atom. The van der Waals surface area contributed by atoms with Crippen LogP contribution >= 0.6 is 15.9 Å². The molecule has 2 N–H and O–H groups in total. The van der Waals surface area contributed by atoms with E-state index in [1.54, 1.807) is 13.8 Å². The molecule has 98 valence electrons. The molecular weight excluding hydrogens is 298 g/mol. The van der Waals surface area contributed by atoms with Gasteiger partial charge in [0, 0.05) is 17.0 Å². The highest BCUT2D eigenvalue weighted by Crippen LogP contribution is 2.40. The van der Waals surface area contributed by atoms with Gasteiger partial charge in [-0.25, -0.2) is 0 Å². The van der Waals surface area contributed by atoms with E-state index in [9.17, 15) is 9.90 Å². The molecule has 1 aromatic rings. The van der Waals surface area contributed by atoms with E-state index in [0.717, 1.165) is 10.0 Å². The van der Waals surface area contributed by atoms with Crippen LogP contribution in [0.3, 0.4) is 0 Å². The first-order chi connectivity index (χ1) is 8.31. The van der Waals surface area contributed by atoms with E-state index in [1.807, 2.05) is 18.2 Å². The molecule has 0 aromatic heterocycles. The minimum atomic E-state index is -0.803. The second-order valence-corrected chi connectivity index (χ2v) is 5.93. The largest absolute Gasteiger partial charge is 0.485 e. The smallest absolute Gasteiger partial charge is 0.217 e. The fourth-order valence-electron chi connectivity index (χ4n) is 2.15. The van der Waals surface area contributed by atoms with Crippen LogP contribution in [0.15, 0.2) is 22.7 Å². The van der Waals surface area contributed by atoms with Crippen molar-refractivity contribution in [3.05, 3.63) is 28.2 Å². The van der Waals surface area contributed by atoms with E-state index in [4.69, 9.17) is 4.74 Å². The van der Waals surface area contributed by atoms with Gasteiger partial charge in [-0.15, -0.1) is 0 Å². The van der Waals surface area contributed by atoms with Crippen LogP contribution in [0, 0.1) is 0 Å². The zero-order valence-corrected chi connectivity index (χ0v) is 12.1. The molecule has 0 fully saturated rings. The molecule has 0 saturated carbocycles. The number of fused-ring (bicyclic) bond motifs is 1. The SMILES string of the molecule is CC(=O)N[C@@H]1c2cc(Br)ccc2OC(C)(C)[C@H]1O. The summed E-state index contributed by atoms with van der Waals surface area (Å²) in [4.78, 5) is 11.3. The van der Waals surface area contributed by atoms with Gasteiger partial charge < -0.3 is 15.2 Å². The molecule has 5 heteroatoms. The molecular formula is C13H16BrNO3. The number of aliphatic hydroxyl groups is 1. The third-order valence-corrected chi connectivity index (χ3v) is 3.56. The number of amides is 1. The highest BCUT2D eigenvalue weighted by Gasteiger charge is 2.43. The van der Waals surface area contributed by atoms with Gasteiger partial charge in [-0.3, -0.25) is 4.79 Å². The molecule has 2 rings (SSSR count). The summed E-state index contributed by atoms with van der Waals surface area (Å²) in [5.74, 6) is 0.509. The third-order valence-electron chi connectivity index (χ3n) is 3.07. The molecule has 0 saturated heterocycles. The molecule has 4 nitrogen and oxygen atoms in total. The Kier molecular flexibility index (Phi) is 3.38. The van der Waals surface area contributed by atoms with E-state index >= 15 is 0 Å². The number of hydrogen-bond donors (Lipinski definition) is 2. The van der Waals surface area contributed by atoms with Crippen molar-refractivity contribution < 1.29 is 14.6 Å². The summed E-state index contributed by atoms with van der Waals surface area (Å²) in [5.41, 5.74) is 0.0416. The zero-order chi connectivity index (χ0) is 13.5. The lowest BCUT2D eigenvalue weighted by Gasteiger charge is -2.42. The molecule has 18 heavy (non-hydrogen) atoms. The van der Waals surface area contributed by atoms with Gasteiger partial charge >= 0.3 is 0 Å². The Morgan fingerprint density at radius 3 is 2.78 bits per heavy atom. The Morgan fingerprint density at radius 1 is 1.50 bits per heavy atom. The molecule has 1 heterocycles. The van der Waals surface area contributed by atoms with E-state index in [0.29, 0.717) is 5.75 Å². The number of benzene rings is 1. The minimum absolute atomic E-state index is 0.178. The summed E-state index contributed by atoms with van der Waals surface area (Å²) < 4.78 is 6.66. The van der Waals surface area contributed by atoms with Crippen LogP contribution in [-0.4, -0.2) is 22.7 Å². The predicted octanol–water partition coefficient (Wildman–Crippen LogP) is 2.16. The van der Waals surface area contributed by atoms with Gasteiger partial charge in [-0.1, -0.05) is 15.9 Å².